The third-order valence-electron chi connectivity index (χ3n) is 3.91. The van der Waals surface area contributed by atoms with E-state index in [1.807, 2.05) is 0 Å². The Bertz CT molecular complexity index is 334. The Labute approximate surface area is 105 Å². The molecule has 94 valence electrons. The molecule has 1 aliphatic carbocycles. The van der Waals surface area contributed by atoms with Gasteiger partial charge in [0, 0.05) is 17.8 Å². The maximum Gasteiger partial charge on any atom is 0.0495 e. The second-order valence-corrected chi connectivity index (χ2v) is 5.39. The van der Waals surface area contributed by atoms with Gasteiger partial charge < -0.3 is 11.1 Å². The minimum atomic E-state index is 0.131. The maximum atomic E-state index is 6.02. The second-order valence-electron chi connectivity index (χ2n) is 5.39. The zero-order valence-corrected chi connectivity index (χ0v) is 10.8. The molecule has 0 spiro atoms. The van der Waals surface area contributed by atoms with Crippen molar-refractivity contribution in [3.63, 3.8) is 0 Å². The van der Waals surface area contributed by atoms with Gasteiger partial charge in [-0.25, -0.2) is 0 Å². The molecule has 0 aliphatic heterocycles. The molecule has 2 rings (SSSR count). The van der Waals surface area contributed by atoms with Gasteiger partial charge in [-0.1, -0.05) is 43.4 Å². The van der Waals surface area contributed by atoms with Crippen LogP contribution in [0.1, 0.15) is 44.1 Å². The topological polar surface area (TPSA) is 38.0 Å². The third kappa shape index (κ3) is 3.22. The molecule has 0 radical (unpaired) electrons. The average molecular weight is 232 g/mol. The fourth-order valence-electron chi connectivity index (χ4n) is 2.73. The molecule has 17 heavy (non-hydrogen) atoms. The molecule has 0 amide bonds. The van der Waals surface area contributed by atoms with Gasteiger partial charge in [-0.15, -0.1) is 0 Å². The summed E-state index contributed by atoms with van der Waals surface area (Å²) in [6, 6.07) is 8.64. The standard InChI is InChI=1S/C15H24N2/c1-13-6-8-14(9-7-13)17-15(12-16)10-4-2-3-5-11-15/h6-9,17H,2-5,10-12,16H2,1H3. The quantitative estimate of drug-likeness (QED) is 0.783. The summed E-state index contributed by atoms with van der Waals surface area (Å²) in [5.41, 5.74) is 8.67. The van der Waals surface area contributed by atoms with Crippen LogP contribution in [-0.4, -0.2) is 12.1 Å². The minimum absolute atomic E-state index is 0.131. The Balaban J connectivity index is 2.09. The lowest BCUT2D eigenvalue weighted by atomic mass is 9.90. The highest BCUT2D eigenvalue weighted by Gasteiger charge is 2.28. The molecule has 2 nitrogen and oxygen atoms in total. The van der Waals surface area contributed by atoms with Gasteiger partial charge in [0.2, 0.25) is 0 Å². The molecule has 0 saturated heterocycles. The molecule has 1 aliphatic rings. The summed E-state index contributed by atoms with van der Waals surface area (Å²) in [6.45, 7) is 2.86. The van der Waals surface area contributed by atoms with Gasteiger partial charge >= 0.3 is 0 Å². The number of hydrogen-bond acceptors (Lipinski definition) is 2. The van der Waals surface area contributed by atoms with E-state index in [9.17, 15) is 0 Å². The Morgan fingerprint density at radius 3 is 2.18 bits per heavy atom. The Morgan fingerprint density at radius 1 is 1.06 bits per heavy atom. The van der Waals surface area contributed by atoms with Crippen molar-refractivity contribution in [1.82, 2.24) is 0 Å². The first-order valence-electron chi connectivity index (χ1n) is 6.79. The van der Waals surface area contributed by atoms with Crippen LogP contribution in [0.5, 0.6) is 0 Å². The van der Waals surface area contributed by atoms with E-state index in [1.54, 1.807) is 0 Å². The van der Waals surface area contributed by atoms with E-state index in [4.69, 9.17) is 5.73 Å². The number of hydrogen-bond donors (Lipinski definition) is 2. The second kappa shape index (κ2) is 5.54. The summed E-state index contributed by atoms with van der Waals surface area (Å²) in [7, 11) is 0. The molecular formula is C15H24N2. The lowest BCUT2D eigenvalue weighted by Gasteiger charge is -2.34. The number of aryl methyl sites for hydroxylation is 1. The first-order chi connectivity index (χ1) is 8.24. The van der Waals surface area contributed by atoms with Crippen LogP contribution in [0, 0.1) is 6.92 Å². The summed E-state index contributed by atoms with van der Waals surface area (Å²) in [5, 5.41) is 3.69. The molecule has 0 atom stereocenters. The van der Waals surface area contributed by atoms with Crippen molar-refractivity contribution in [2.45, 2.75) is 51.0 Å². The van der Waals surface area contributed by atoms with Crippen molar-refractivity contribution < 1.29 is 0 Å². The molecule has 0 heterocycles. The lowest BCUT2D eigenvalue weighted by Crippen LogP contribution is -2.45. The zero-order chi connectivity index (χ0) is 12.1. The summed E-state index contributed by atoms with van der Waals surface area (Å²) < 4.78 is 0. The first-order valence-corrected chi connectivity index (χ1v) is 6.79. The van der Waals surface area contributed by atoms with Crippen LogP contribution in [0.2, 0.25) is 0 Å². The van der Waals surface area contributed by atoms with E-state index in [2.05, 4.69) is 36.5 Å². The largest absolute Gasteiger partial charge is 0.378 e. The molecule has 1 aromatic carbocycles. The average Bonchev–Trinajstić information content (AvgIpc) is 2.58. The Hall–Kier alpha value is -1.02. The number of rotatable bonds is 3. The smallest absolute Gasteiger partial charge is 0.0495 e. The first kappa shape index (κ1) is 12.4. The van der Waals surface area contributed by atoms with E-state index in [1.165, 1.54) is 49.8 Å². The van der Waals surface area contributed by atoms with Crippen molar-refractivity contribution >= 4 is 5.69 Å². The van der Waals surface area contributed by atoms with E-state index in [-0.39, 0.29) is 5.54 Å². The molecule has 0 unspecified atom stereocenters. The number of anilines is 1. The van der Waals surface area contributed by atoms with Crippen molar-refractivity contribution in [1.29, 1.82) is 0 Å². The SMILES string of the molecule is Cc1ccc(NC2(CN)CCCCCC2)cc1. The molecule has 0 aromatic heterocycles. The summed E-state index contributed by atoms with van der Waals surface area (Å²) in [5.74, 6) is 0. The molecule has 1 aromatic rings. The summed E-state index contributed by atoms with van der Waals surface area (Å²) in [6.07, 6.45) is 7.73. The normalized spacial score (nSPS) is 19.6. The molecule has 1 saturated carbocycles. The van der Waals surface area contributed by atoms with Crippen LogP contribution in [0.4, 0.5) is 5.69 Å². The fourth-order valence-corrected chi connectivity index (χ4v) is 2.73. The third-order valence-corrected chi connectivity index (χ3v) is 3.91. The Morgan fingerprint density at radius 2 is 1.65 bits per heavy atom. The van der Waals surface area contributed by atoms with E-state index in [0.29, 0.717) is 0 Å². The molecule has 0 bridgehead atoms. The fraction of sp³-hybridized carbons (Fsp3) is 0.600. The summed E-state index contributed by atoms with van der Waals surface area (Å²) >= 11 is 0. The van der Waals surface area contributed by atoms with Crippen molar-refractivity contribution in [2.75, 3.05) is 11.9 Å². The predicted molar refractivity (Wildman–Crippen MR) is 74.3 cm³/mol. The van der Waals surface area contributed by atoms with E-state index < -0.39 is 0 Å². The van der Waals surface area contributed by atoms with Crippen LogP contribution in [0.3, 0.4) is 0 Å². The van der Waals surface area contributed by atoms with Crippen molar-refractivity contribution in [3.8, 4) is 0 Å². The molecule has 1 fully saturated rings. The summed E-state index contributed by atoms with van der Waals surface area (Å²) in [4.78, 5) is 0. The highest BCUT2D eigenvalue weighted by atomic mass is 15.0. The predicted octanol–water partition coefficient (Wildman–Crippen LogP) is 3.46. The zero-order valence-electron chi connectivity index (χ0n) is 10.8. The monoisotopic (exact) mass is 232 g/mol. The van der Waals surface area contributed by atoms with Crippen LogP contribution in [-0.2, 0) is 0 Å². The van der Waals surface area contributed by atoms with Gasteiger partial charge in [0.25, 0.3) is 0 Å². The lowest BCUT2D eigenvalue weighted by molar-refractivity contribution is 0.418. The van der Waals surface area contributed by atoms with Crippen LogP contribution in [0.15, 0.2) is 24.3 Å². The number of benzene rings is 1. The number of nitrogens with two attached hydrogens (primary N) is 1. The van der Waals surface area contributed by atoms with Gasteiger partial charge in [-0.05, 0) is 31.9 Å². The molecule has 2 heteroatoms. The Kier molecular flexibility index (Phi) is 4.06. The van der Waals surface area contributed by atoms with Gasteiger partial charge in [0.05, 0.1) is 0 Å². The van der Waals surface area contributed by atoms with Crippen molar-refractivity contribution in [2.24, 2.45) is 5.73 Å². The van der Waals surface area contributed by atoms with Crippen LogP contribution < -0.4 is 11.1 Å². The minimum Gasteiger partial charge on any atom is -0.378 e. The molecule has 3 N–H and O–H groups in total. The van der Waals surface area contributed by atoms with Crippen LogP contribution >= 0.6 is 0 Å². The van der Waals surface area contributed by atoms with Crippen molar-refractivity contribution in [3.05, 3.63) is 29.8 Å². The van der Waals surface area contributed by atoms with Gasteiger partial charge in [0.1, 0.15) is 0 Å². The number of nitrogens with one attached hydrogen (secondary N) is 1. The van der Waals surface area contributed by atoms with Gasteiger partial charge in [-0.2, -0.15) is 0 Å². The van der Waals surface area contributed by atoms with Crippen LogP contribution in [0.25, 0.3) is 0 Å². The highest BCUT2D eigenvalue weighted by Crippen LogP contribution is 2.30. The van der Waals surface area contributed by atoms with E-state index >= 15 is 0 Å². The van der Waals surface area contributed by atoms with E-state index in [0.717, 1.165) is 6.54 Å². The molecular weight excluding hydrogens is 208 g/mol. The van der Waals surface area contributed by atoms with Gasteiger partial charge in [-0.3, -0.25) is 0 Å². The highest BCUT2D eigenvalue weighted by molar-refractivity contribution is 5.47. The van der Waals surface area contributed by atoms with Gasteiger partial charge in [0.15, 0.2) is 0 Å². The maximum absolute atomic E-state index is 6.02.